The number of hydrogen-bond donors (Lipinski definition) is 1. The number of nitrogens with one attached hydrogen (secondary N) is 1. The van der Waals surface area contributed by atoms with Gasteiger partial charge in [0.1, 0.15) is 17.8 Å². The minimum Gasteiger partial charge on any atom is -0.329 e. The second-order valence-electron chi connectivity index (χ2n) is 3.94. The van der Waals surface area contributed by atoms with Crippen molar-refractivity contribution in [2.75, 3.05) is 0 Å². The Morgan fingerprint density at radius 2 is 2.31 bits per heavy atom. The zero-order valence-corrected chi connectivity index (χ0v) is 9.44. The number of allylic oxidation sites excluding steroid dienone is 2. The van der Waals surface area contributed by atoms with Crippen molar-refractivity contribution >= 4 is 11.7 Å². The van der Waals surface area contributed by atoms with Crippen LogP contribution >= 0.6 is 0 Å². The molecule has 2 atom stereocenters. The number of nitriles is 1. The molecule has 82 valence electrons. The van der Waals surface area contributed by atoms with E-state index in [0.29, 0.717) is 0 Å². The third kappa shape index (κ3) is 2.19. The molecule has 0 saturated carbocycles. The van der Waals surface area contributed by atoms with Gasteiger partial charge in [0.15, 0.2) is 0 Å². The fourth-order valence-corrected chi connectivity index (χ4v) is 1.77. The van der Waals surface area contributed by atoms with Crippen LogP contribution in [-0.2, 0) is 0 Å². The van der Waals surface area contributed by atoms with Gasteiger partial charge < -0.3 is 5.32 Å². The van der Waals surface area contributed by atoms with E-state index in [0.717, 1.165) is 23.7 Å². The van der Waals surface area contributed by atoms with E-state index < -0.39 is 0 Å². The van der Waals surface area contributed by atoms with Crippen LogP contribution in [0.4, 0.5) is 0 Å². The van der Waals surface area contributed by atoms with Gasteiger partial charge >= 0.3 is 0 Å². The van der Waals surface area contributed by atoms with Crippen LogP contribution in [-0.4, -0.2) is 17.8 Å². The largest absolute Gasteiger partial charge is 0.329 e. The summed E-state index contributed by atoms with van der Waals surface area (Å²) in [6.07, 6.45) is 6.65. The first-order valence-corrected chi connectivity index (χ1v) is 5.36. The summed E-state index contributed by atoms with van der Waals surface area (Å²) in [5, 5.41) is 11.9. The Balaban J connectivity index is 2.14. The maximum Gasteiger partial charge on any atom is 0.141 e. The molecule has 16 heavy (non-hydrogen) atoms. The van der Waals surface area contributed by atoms with Gasteiger partial charge in [0, 0.05) is 5.57 Å². The van der Waals surface area contributed by atoms with E-state index in [-0.39, 0.29) is 12.1 Å². The lowest BCUT2D eigenvalue weighted by Gasteiger charge is -2.19. The highest BCUT2D eigenvalue weighted by atomic mass is 15.2. The van der Waals surface area contributed by atoms with Gasteiger partial charge in [-0.2, -0.15) is 5.26 Å². The summed E-state index contributed by atoms with van der Waals surface area (Å²) in [7, 11) is 0. The number of aliphatic imine (C=N–C) groups is 2. The highest BCUT2D eigenvalue weighted by Gasteiger charge is 2.15. The average Bonchev–Trinajstić information content (AvgIpc) is 2.28. The summed E-state index contributed by atoms with van der Waals surface area (Å²) in [5.41, 5.74) is 1.05. The van der Waals surface area contributed by atoms with Crippen molar-refractivity contribution < 1.29 is 0 Å². The SMILES string of the molecule is CC1=NC(C)N=C(C2=CCC(C#N)C=C2)N1. The van der Waals surface area contributed by atoms with E-state index in [1.165, 1.54) is 0 Å². The van der Waals surface area contributed by atoms with Gasteiger partial charge in [0.2, 0.25) is 0 Å². The lowest BCUT2D eigenvalue weighted by Crippen LogP contribution is -2.35. The molecule has 1 aliphatic carbocycles. The zero-order chi connectivity index (χ0) is 11.5. The van der Waals surface area contributed by atoms with E-state index in [9.17, 15) is 0 Å². The normalized spacial score (nSPS) is 28.4. The predicted octanol–water partition coefficient (Wildman–Crippen LogP) is 1.78. The predicted molar refractivity (Wildman–Crippen MR) is 64.1 cm³/mol. The monoisotopic (exact) mass is 214 g/mol. The molecule has 0 bridgehead atoms. The Bertz CT molecular complexity index is 448. The Morgan fingerprint density at radius 3 is 2.88 bits per heavy atom. The van der Waals surface area contributed by atoms with Crippen molar-refractivity contribution in [1.29, 1.82) is 5.26 Å². The van der Waals surface area contributed by atoms with Gasteiger partial charge in [-0.3, -0.25) is 0 Å². The molecule has 4 heteroatoms. The molecule has 0 amide bonds. The van der Waals surface area contributed by atoms with E-state index in [1.807, 2.05) is 32.1 Å². The lowest BCUT2D eigenvalue weighted by molar-refractivity contribution is 0.767. The summed E-state index contributed by atoms with van der Waals surface area (Å²) >= 11 is 0. The smallest absolute Gasteiger partial charge is 0.141 e. The fourth-order valence-electron chi connectivity index (χ4n) is 1.77. The third-order valence-electron chi connectivity index (χ3n) is 2.53. The van der Waals surface area contributed by atoms with Crippen LogP contribution in [0.5, 0.6) is 0 Å². The lowest BCUT2D eigenvalue weighted by atomic mass is 9.97. The number of amidine groups is 2. The summed E-state index contributed by atoms with van der Waals surface area (Å²) in [4.78, 5) is 8.70. The van der Waals surface area contributed by atoms with E-state index >= 15 is 0 Å². The van der Waals surface area contributed by atoms with Crippen molar-refractivity contribution in [3.8, 4) is 6.07 Å². The maximum absolute atomic E-state index is 8.78. The van der Waals surface area contributed by atoms with Crippen LogP contribution in [0.3, 0.4) is 0 Å². The van der Waals surface area contributed by atoms with E-state index in [2.05, 4.69) is 21.4 Å². The van der Waals surface area contributed by atoms with Gasteiger partial charge in [0.05, 0.1) is 12.0 Å². The molecule has 0 saturated heterocycles. The van der Waals surface area contributed by atoms with E-state index in [4.69, 9.17) is 5.26 Å². The molecule has 1 heterocycles. The van der Waals surface area contributed by atoms with Gasteiger partial charge in [0.25, 0.3) is 0 Å². The van der Waals surface area contributed by atoms with Crippen molar-refractivity contribution in [1.82, 2.24) is 5.32 Å². The quantitative estimate of drug-likeness (QED) is 0.723. The van der Waals surface area contributed by atoms with E-state index in [1.54, 1.807) is 0 Å². The molecule has 0 aromatic rings. The zero-order valence-electron chi connectivity index (χ0n) is 9.44. The highest BCUT2D eigenvalue weighted by molar-refractivity contribution is 6.11. The minimum absolute atomic E-state index is 0.000119. The molecule has 2 unspecified atom stereocenters. The van der Waals surface area contributed by atoms with Crippen LogP contribution in [0.25, 0.3) is 0 Å². The van der Waals surface area contributed by atoms with Crippen molar-refractivity contribution in [3.05, 3.63) is 23.8 Å². The third-order valence-corrected chi connectivity index (χ3v) is 2.53. The minimum atomic E-state index is -0.0285. The molecule has 1 aliphatic heterocycles. The van der Waals surface area contributed by atoms with Gasteiger partial charge in [-0.15, -0.1) is 0 Å². The van der Waals surface area contributed by atoms with Crippen LogP contribution in [0, 0.1) is 17.2 Å². The molecular weight excluding hydrogens is 200 g/mol. The molecular formula is C12H14N4. The summed E-state index contributed by atoms with van der Waals surface area (Å²) in [5.74, 6) is 1.74. The average molecular weight is 214 g/mol. The first-order chi connectivity index (χ1) is 7.69. The highest BCUT2D eigenvalue weighted by Crippen LogP contribution is 2.17. The van der Waals surface area contributed by atoms with Crippen LogP contribution < -0.4 is 5.32 Å². The topological polar surface area (TPSA) is 60.5 Å². The molecule has 0 aromatic heterocycles. The molecule has 0 aromatic carbocycles. The first kappa shape index (κ1) is 10.6. The van der Waals surface area contributed by atoms with Crippen molar-refractivity contribution in [2.24, 2.45) is 15.9 Å². The summed E-state index contributed by atoms with van der Waals surface area (Å²) in [6, 6.07) is 2.23. The van der Waals surface area contributed by atoms with Crippen molar-refractivity contribution in [3.63, 3.8) is 0 Å². The molecule has 4 nitrogen and oxygen atoms in total. The van der Waals surface area contributed by atoms with Gasteiger partial charge in [-0.1, -0.05) is 18.2 Å². The summed E-state index contributed by atoms with van der Waals surface area (Å²) < 4.78 is 0. The van der Waals surface area contributed by atoms with Crippen LogP contribution in [0.15, 0.2) is 33.8 Å². The Hall–Kier alpha value is -1.89. The van der Waals surface area contributed by atoms with Gasteiger partial charge in [-0.05, 0) is 20.3 Å². The Morgan fingerprint density at radius 1 is 1.50 bits per heavy atom. The number of rotatable bonds is 1. The molecule has 0 radical (unpaired) electrons. The molecule has 1 N–H and O–H groups in total. The van der Waals surface area contributed by atoms with Crippen molar-refractivity contribution in [2.45, 2.75) is 26.4 Å². The van der Waals surface area contributed by atoms with Gasteiger partial charge in [-0.25, -0.2) is 9.98 Å². The Labute approximate surface area is 95.1 Å². The number of hydrogen-bond acceptors (Lipinski definition) is 4. The second-order valence-corrected chi connectivity index (χ2v) is 3.94. The maximum atomic E-state index is 8.78. The van der Waals surface area contributed by atoms with Crippen LogP contribution in [0.1, 0.15) is 20.3 Å². The Kier molecular flexibility index (Phi) is 2.86. The van der Waals surface area contributed by atoms with Crippen LogP contribution in [0.2, 0.25) is 0 Å². The standard InChI is InChI=1S/C12H14N4/c1-8-14-9(2)16-12(15-8)11-5-3-10(7-13)4-6-11/h3,5-6,8,10H,4H2,1-2H3,(H,14,15,16). The molecule has 2 aliphatic rings. The molecule has 0 fully saturated rings. The first-order valence-electron chi connectivity index (χ1n) is 5.36. The summed E-state index contributed by atoms with van der Waals surface area (Å²) in [6.45, 7) is 3.88. The molecule has 2 rings (SSSR count). The number of nitrogens with zero attached hydrogens (tertiary/aromatic N) is 3. The molecule has 0 spiro atoms. The second kappa shape index (κ2) is 4.31. The fraction of sp³-hybridized carbons (Fsp3) is 0.417.